The quantitative estimate of drug-likeness (QED) is 0.130. The fourth-order valence-electron chi connectivity index (χ4n) is 3.46. The number of nitrogens with zero attached hydrogens (tertiary/aromatic N) is 1. The number of aryl methyl sites for hydroxylation is 1. The van der Waals surface area contributed by atoms with Crippen molar-refractivity contribution in [3.05, 3.63) is 83.4 Å². The van der Waals surface area contributed by atoms with Crippen molar-refractivity contribution in [1.29, 1.82) is 0 Å². The molecule has 1 amide bonds. The number of unbranched alkanes of at least 4 members (excludes halogenated alkanes) is 1. The standard InChI is InChI=1S/C30H34N2O6/c1-4-7-8-22-9-14-26(15-10-22)37-21-29(33)32-31-20-23-11-18-27(28(19-23)36-6-3)38-30(34)24-12-16-25(17-13-24)35-5-2/h9-20H,4-8,21H2,1-3H3,(H,32,33)/b31-20-. The Labute approximate surface area is 223 Å². The number of nitrogens with one attached hydrogen (secondary N) is 1. The molecular weight excluding hydrogens is 484 g/mol. The van der Waals surface area contributed by atoms with Crippen LogP contribution in [0.4, 0.5) is 0 Å². The first-order valence-corrected chi connectivity index (χ1v) is 12.8. The molecule has 0 unspecified atom stereocenters. The highest BCUT2D eigenvalue weighted by Crippen LogP contribution is 2.29. The third-order valence-electron chi connectivity index (χ3n) is 5.39. The molecule has 0 saturated carbocycles. The Bertz CT molecular complexity index is 1210. The van der Waals surface area contributed by atoms with E-state index in [1.807, 2.05) is 38.1 Å². The maximum atomic E-state index is 12.6. The van der Waals surface area contributed by atoms with Gasteiger partial charge in [-0.15, -0.1) is 0 Å². The molecule has 0 radical (unpaired) electrons. The minimum absolute atomic E-state index is 0.156. The van der Waals surface area contributed by atoms with E-state index in [1.165, 1.54) is 11.8 Å². The number of carbonyl (C=O) groups is 2. The summed E-state index contributed by atoms with van der Waals surface area (Å²) in [5.41, 5.74) is 4.73. The molecule has 0 saturated heterocycles. The zero-order chi connectivity index (χ0) is 27.2. The number of hydrogen-bond donors (Lipinski definition) is 1. The SMILES string of the molecule is CCCCc1ccc(OCC(=O)N/N=C\c2ccc(OC(=O)c3ccc(OCC)cc3)c(OCC)c2)cc1. The second kappa shape index (κ2) is 15.0. The molecule has 0 atom stereocenters. The second-order valence-electron chi connectivity index (χ2n) is 8.32. The van der Waals surface area contributed by atoms with Crippen LogP contribution in [0.3, 0.4) is 0 Å². The van der Waals surface area contributed by atoms with Crippen LogP contribution in [0.2, 0.25) is 0 Å². The van der Waals surface area contributed by atoms with Crippen molar-refractivity contribution in [2.45, 2.75) is 40.0 Å². The second-order valence-corrected chi connectivity index (χ2v) is 8.32. The molecule has 1 N–H and O–H groups in total. The van der Waals surface area contributed by atoms with Crippen LogP contribution in [0, 0.1) is 0 Å². The van der Waals surface area contributed by atoms with E-state index in [4.69, 9.17) is 18.9 Å². The highest BCUT2D eigenvalue weighted by atomic mass is 16.6. The molecular formula is C30H34N2O6. The van der Waals surface area contributed by atoms with Crippen LogP contribution in [-0.4, -0.2) is 37.9 Å². The number of carbonyl (C=O) groups excluding carboxylic acids is 2. The van der Waals surface area contributed by atoms with Gasteiger partial charge in [0.2, 0.25) is 0 Å². The van der Waals surface area contributed by atoms with E-state index in [0.717, 1.165) is 19.3 Å². The fourth-order valence-corrected chi connectivity index (χ4v) is 3.46. The molecule has 38 heavy (non-hydrogen) atoms. The molecule has 0 fully saturated rings. The van der Waals surface area contributed by atoms with Crippen LogP contribution in [-0.2, 0) is 11.2 Å². The summed E-state index contributed by atoms with van der Waals surface area (Å²) in [5, 5.41) is 3.98. The summed E-state index contributed by atoms with van der Waals surface area (Å²) in [6.45, 7) is 6.65. The van der Waals surface area contributed by atoms with Crippen LogP contribution < -0.4 is 24.4 Å². The summed E-state index contributed by atoms with van der Waals surface area (Å²) < 4.78 is 22.1. The Balaban J connectivity index is 1.53. The third kappa shape index (κ3) is 8.96. The molecule has 0 aliphatic heterocycles. The van der Waals surface area contributed by atoms with Gasteiger partial charge in [-0.3, -0.25) is 4.79 Å². The van der Waals surface area contributed by atoms with Gasteiger partial charge in [0.05, 0.1) is 25.0 Å². The highest BCUT2D eigenvalue weighted by molar-refractivity contribution is 5.92. The van der Waals surface area contributed by atoms with Gasteiger partial charge in [-0.25, -0.2) is 10.2 Å². The molecule has 3 aromatic carbocycles. The summed E-state index contributed by atoms with van der Waals surface area (Å²) in [4.78, 5) is 24.7. The Kier molecular flexibility index (Phi) is 11.2. The highest BCUT2D eigenvalue weighted by Gasteiger charge is 2.13. The predicted octanol–water partition coefficient (Wildman–Crippen LogP) is 5.57. The summed E-state index contributed by atoms with van der Waals surface area (Å²) in [6, 6.07) is 19.5. The van der Waals surface area contributed by atoms with Crippen LogP contribution in [0.1, 0.15) is 55.1 Å². The molecule has 3 aromatic rings. The first kappa shape index (κ1) is 28.2. The lowest BCUT2D eigenvalue weighted by atomic mass is 10.1. The lowest BCUT2D eigenvalue weighted by molar-refractivity contribution is -0.123. The summed E-state index contributed by atoms with van der Waals surface area (Å²) in [6.07, 6.45) is 4.79. The normalized spacial score (nSPS) is 10.7. The zero-order valence-corrected chi connectivity index (χ0v) is 22.1. The fraction of sp³-hybridized carbons (Fsp3) is 0.300. The van der Waals surface area contributed by atoms with Gasteiger partial charge in [0.1, 0.15) is 11.5 Å². The topological polar surface area (TPSA) is 95.5 Å². The number of hydrogen-bond acceptors (Lipinski definition) is 7. The van der Waals surface area contributed by atoms with Crippen molar-refractivity contribution >= 4 is 18.1 Å². The molecule has 0 spiro atoms. The monoisotopic (exact) mass is 518 g/mol. The maximum absolute atomic E-state index is 12.6. The molecule has 200 valence electrons. The molecule has 0 aliphatic rings. The molecule has 0 bridgehead atoms. The van der Waals surface area contributed by atoms with E-state index >= 15 is 0 Å². The number of amides is 1. The van der Waals surface area contributed by atoms with Gasteiger partial charge < -0.3 is 18.9 Å². The van der Waals surface area contributed by atoms with Crippen LogP contribution >= 0.6 is 0 Å². The van der Waals surface area contributed by atoms with Crippen molar-refractivity contribution in [3.63, 3.8) is 0 Å². The van der Waals surface area contributed by atoms with Gasteiger partial charge in [-0.05, 0) is 92.4 Å². The number of esters is 1. The molecule has 0 heterocycles. The van der Waals surface area contributed by atoms with Gasteiger partial charge in [0.15, 0.2) is 18.1 Å². The Morgan fingerprint density at radius 3 is 2.18 bits per heavy atom. The maximum Gasteiger partial charge on any atom is 0.343 e. The summed E-state index contributed by atoms with van der Waals surface area (Å²) >= 11 is 0. The number of hydrazone groups is 1. The lowest BCUT2D eigenvalue weighted by Crippen LogP contribution is -2.24. The largest absolute Gasteiger partial charge is 0.494 e. The molecule has 0 aromatic heterocycles. The van der Waals surface area contributed by atoms with Gasteiger partial charge in [0.25, 0.3) is 5.91 Å². The first-order chi connectivity index (χ1) is 18.5. The van der Waals surface area contributed by atoms with Crippen LogP contribution in [0.25, 0.3) is 0 Å². The predicted molar refractivity (Wildman–Crippen MR) is 146 cm³/mol. The van der Waals surface area contributed by atoms with Crippen molar-refractivity contribution in [2.24, 2.45) is 5.10 Å². The van der Waals surface area contributed by atoms with E-state index in [-0.39, 0.29) is 18.3 Å². The number of benzene rings is 3. The van der Waals surface area contributed by atoms with Gasteiger partial charge in [-0.2, -0.15) is 5.10 Å². The van der Waals surface area contributed by atoms with Crippen molar-refractivity contribution < 1.29 is 28.5 Å². The Hall–Kier alpha value is -4.33. The first-order valence-electron chi connectivity index (χ1n) is 12.8. The van der Waals surface area contributed by atoms with E-state index < -0.39 is 5.97 Å². The summed E-state index contributed by atoms with van der Waals surface area (Å²) in [5.74, 6) is 1.06. The van der Waals surface area contributed by atoms with E-state index in [0.29, 0.717) is 41.6 Å². The van der Waals surface area contributed by atoms with Crippen molar-refractivity contribution in [2.75, 3.05) is 19.8 Å². The summed E-state index contributed by atoms with van der Waals surface area (Å²) in [7, 11) is 0. The molecule has 8 nitrogen and oxygen atoms in total. The zero-order valence-electron chi connectivity index (χ0n) is 22.1. The van der Waals surface area contributed by atoms with E-state index in [2.05, 4.69) is 17.5 Å². The van der Waals surface area contributed by atoms with Crippen molar-refractivity contribution in [3.8, 4) is 23.0 Å². The number of ether oxygens (including phenoxy) is 4. The molecule has 8 heteroatoms. The lowest BCUT2D eigenvalue weighted by Gasteiger charge is -2.11. The third-order valence-corrected chi connectivity index (χ3v) is 5.39. The van der Waals surface area contributed by atoms with Gasteiger partial charge in [0, 0.05) is 0 Å². The van der Waals surface area contributed by atoms with Gasteiger partial charge >= 0.3 is 5.97 Å². The van der Waals surface area contributed by atoms with Crippen molar-refractivity contribution in [1.82, 2.24) is 5.43 Å². The van der Waals surface area contributed by atoms with Crippen LogP contribution in [0.15, 0.2) is 71.8 Å². The Morgan fingerprint density at radius 2 is 1.50 bits per heavy atom. The van der Waals surface area contributed by atoms with Crippen LogP contribution in [0.5, 0.6) is 23.0 Å². The Morgan fingerprint density at radius 1 is 0.816 bits per heavy atom. The van der Waals surface area contributed by atoms with E-state index in [9.17, 15) is 9.59 Å². The average Bonchev–Trinajstić information content (AvgIpc) is 2.93. The molecule has 3 rings (SSSR count). The average molecular weight is 519 g/mol. The molecule has 0 aliphatic carbocycles. The van der Waals surface area contributed by atoms with Gasteiger partial charge in [-0.1, -0.05) is 25.5 Å². The van der Waals surface area contributed by atoms with E-state index in [1.54, 1.807) is 42.5 Å². The minimum atomic E-state index is -0.515. The number of rotatable bonds is 14. The minimum Gasteiger partial charge on any atom is -0.494 e. The smallest absolute Gasteiger partial charge is 0.343 e.